The van der Waals surface area contributed by atoms with Crippen molar-refractivity contribution in [2.24, 2.45) is 5.92 Å². The summed E-state index contributed by atoms with van der Waals surface area (Å²) in [5.74, 6) is -1.06. The van der Waals surface area contributed by atoms with Gasteiger partial charge in [0, 0.05) is 11.1 Å². The molecule has 6 heteroatoms. The third-order valence-corrected chi connectivity index (χ3v) is 3.91. The van der Waals surface area contributed by atoms with Gasteiger partial charge in [0.05, 0.1) is 5.92 Å². The van der Waals surface area contributed by atoms with Gasteiger partial charge in [-0.1, -0.05) is 18.0 Å². The van der Waals surface area contributed by atoms with Crippen molar-refractivity contribution in [2.45, 2.75) is 32.2 Å². The van der Waals surface area contributed by atoms with Gasteiger partial charge in [-0.25, -0.2) is 0 Å². The van der Waals surface area contributed by atoms with Crippen molar-refractivity contribution >= 4 is 23.5 Å². The minimum atomic E-state index is -0.854. The number of ether oxygens (including phenoxy) is 1. The summed E-state index contributed by atoms with van der Waals surface area (Å²) in [6.45, 7) is 1.71. The van der Waals surface area contributed by atoms with E-state index in [0.717, 1.165) is 12.0 Å². The van der Waals surface area contributed by atoms with Crippen molar-refractivity contribution in [3.8, 4) is 5.75 Å². The fraction of sp³-hybridized carbons (Fsp3) is 0.467. The van der Waals surface area contributed by atoms with Gasteiger partial charge in [-0.2, -0.15) is 0 Å². The predicted octanol–water partition coefficient (Wildman–Crippen LogP) is 2.40. The molecule has 1 aromatic carbocycles. The molecule has 0 radical (unpaired) electrons. The number of aliphatic carboxylic acids is 1. The number of nitrogens with one attached hydrogen (secondary N) is 1. The molecule has 1 saturated carbocycles. The number of amides is 1. The van der Waals surface area contributed by atoms with E-state index >= 15 is 0 Å². The van der Waals surface area contributed by atoms with Crippen LogP contribution in [-0.4, -0.2) is 29.6 Å². The largest absolute Gasteiger partial charge is 0.484 e. The molecule has 2 atom stereocenters. The second-order valence-corrected chi connectivity index (χ2v) is 5.68. The van der Waals surface area contributed by atoms with Crippen LogP contribution >= 0.6 is 11.6 Å². The van der Waals surface area contributed by atoms with Crippen molar-refractivity contribution in [1.29, 1.82) is 0 Å². The maximum Gasteiger partial charge on any atom is 0.308 e. The number of carboxylic acid groups (broad SMARTS) is 1. The van der Waals surface area contributed by atoms with Crippen LogP contribution < -0.4 is 10.1 Å². The van der Waals surface area contributed by atoms with E-state index in [9.17, 15) is 9.59 Å². The molecular weight excluding hydrogens is 294 g/mol. The molecule has 1 aliphatic carbocycles. The van der Waals surface area contributed by atoms with Crippen LogP contribution in [-0.2, 0) is 9.59 Å². The first kappa shape index (κ1) is 15.6. The smallest absolute Gasteiger partial charge is 0.308 e. The molecule has 2 rings (SSSR count). The normalized spacial score (nSPS) is 21.0. The first-order valence-electron chi connectivity index (χ1n) is 6.88. The molecule has 0 aromatic heterocycles. The van der Waals surface area contributed by atoms with Gasteiger partial charge in [-0.15, -0.1) is 0 Å². The van der Waals surface area contributed by atoms with Crippen molar-refractivity contribution in [3.63, 3.8) is 0 Å². The van der Waals surface area contributed by atoms with Crippen LogP contribution in [0.3, 0.4) is 0 Å². The zero-order chi connectivity index (χ0) is 15.4. The van der Waals surface area contributed by atoms with E-state index in [2.05, 4.69) is 5.32 Å². The number of hydrogen-bond acceptors (Lipinski definition) is 3. The second kappa shape index (κ2) is 6.80. The average Bonchev–Trinajstić information content (AvgIpc) is 2.86. The van der Waals surface area contributed by atoms with Crippen molar-refractivity contribution in [2.75, 3.05) is 6.61 Å². The Balaban J connectivity index is 1.86. The number of benzene rings is 1. The lowest BCUT2D eigenvalue weighted by Gasteiger charge is -2.18. The highest BCUT2D eigenvalue weighted by molar-refractivity contribution is 6.30. The molecule has 0 bridgehead atoms. The number of hydrogen-bond donors (Lipinski definition) is 2. The maximum atomic E-state index is 11.9. The molecule has 0 spiro atoms. The molecule has 5 nitrogen and oxygen atoms in total. The van der Waals surface area contributed by atoms with Gasteiger partial charge in [-0.05, 0) is 43.5 Å². The molecule has 1 amide bonds. The van der Waals surface area contributed by atoms with E-state index in [4.69, 9.17) is 21.4 Å². The van der Waals surface area contributed by atoms with Crippen LogP contribution in [0, 0.1) is 12.8 Å². The summed E-state index contributed by atoms with van der Waals surface area (Å²) in [5, 5.41) is 12.4. The average molecular weight is 312 g/mol. The highest BCUT2D eigenvalue weighted by atomic mass is 35.5. The summed E-state index contributed by atoms with van der Waals surface area (Å²) in [6.07, 6.45) is 2.12. The van der Waals surface area contributed by atoms with Gasteiger partial charge in [0.1, 0.15) is 5.75 Å². The maximum absolute atomic E-state index is 11.9. The molecule has 2 N–H and O–H groups in total. The number of aryl methyl sites for hydroxylation is 1. The molecule has 114 valence electrons. The Morgan fingerprint density at radius 2 is 2.19 bits per heavy atom. The number of carbonyl (C=O) groups excluding carboxylic acids is 1. The summed E-state index contributed by atoms with van der Waals surface area (Å²) in [7, 11) is 0. The highest BCUT2D eigenvalue weighted by Gasteiger charge is 2.33. The van der Waals surface area contributed by atoms with E-state index in [1.807, 2.05) is 6.92 Å². The SMILES string of the molecule is Cc1cc(Cl)ccc1OCC(=O)N[C@@H]1CCC[C@@H]1C(=O)O. The minimum Gasteiger partial charge on any atom is -0.484 e. The van der Waals surface area contributed by atoms with Crippen LogP contribution in [0.25, 0.3) is 0 Å². The second-order valence-electron chi connectivity index (χ2n) is 5.25. The lowest BCUT2D eigenvalue weighted by molar-refractivity contribution is -0.142. The Hall–Kier alpha value is -1.75. The summed E-state index contributed by atoms with van der Waals surface area (Å²) < 4.78 is 5.44. The summed E-state index contributed by atoms with van der Waals surface area (Å²) >= 11 is 5.85. The van der Waals surface area contributed by atoms with Gasteiger partial charge < -0.3 is 15.2 Å². The third kappa shape index (κ3) is 4.11. The highest BCUT2D eigenvalue weighted by Crippen LogP contribution is 2.26. The molecule has 0 aliphatic heterocycles. The molecule has 1 aliphatic rings. The molecule has 0 unspecified atom stereocenters. The Bertz CT molecular complexity index is 546. The van der Waals surface area contributed by atoms with Crippen LogP contribution in [0.5, 0.6) is 5.75 Å². The van der Waals surface area contributed by atoms with Crippen LogP contribution in [0.2, 0.25) is 5.02 Å². The summed E-state index contributed by atoms with van der Waals surface area (Å²) in [6, 6.07) is 4.86. The lowest BCUT2D eigenvalue weighted by atomic mass is 10.0. The molecule has 0 heterocycles. The number of carboxylic acids is 1. The predicted molar refractivity (Wildman–Crippen MR) is 78.6 cm³/mol. The Morgan fingerprint density at radius 1 is 1.43 bits per heavy atom. The van der Waals surface area contributed by atoms with Gasteiger partial charge >= 0.3 is 5.97 Å². The number of rotatable bonds is 5. The molecule has 1 aromatic rings. The van der Waals surface area contributed by atoms with Gasteiger partial charge in [-0.3, -0.25) is 9.59 Å². The van der Waals surface area contributed by atoms with E-state index < -0.39 is 11.9 Å². The van der Waals surface area contributed by atoms with Crippen LogP contribution in [0.15, 0.2) is 18.2 Å². The Morgan fingerprint density at radius 3 is 2.86 bits per heavy atom. The molecule has 0 saturated heterocycles. The van der Waals surface area contributed by atoms with E-state index in [1.165, 1.54) is 0 Å². The van der Waals surface area contributed by atoms with Crippen molar-refractivity contribution < 1.29 is 19.4 Å². The summed E-state index contributed by atoms with van der Waals surface area (Å²) in [5.41, 5.74) is 0.847. The van der Waals surface area contributed by atoms with E-state index in [-0.39, 0.29) is 18.6 Å². The summed E-state index contributed by atoms with van der Waals surface area (Å²) in [4.78, 5) is 22.9. The number of carbonyl (C=O) groups is 2. The van der Waals surface area contributed by atoms with Crippen LogP contribution in [0.4, 0.5) is 0 Å². The lowest BCUT2D eigenvalue weighted by Crippen LogP contribution is -2.42. The monoisotopic (exact) mass is 311 g/mol. The molecular formula is C15H18ClNO4. The van der Waals surface area contributed by atoms with Gasteiger partial charge in [0.2, 0.25) is 0 Å². The van der Waals surface area contributed by atoms with Gasteiger partial charge in [0.15, 0.2) is 6.61 Å². The third-order valence-electron chi connectivity index (χ3n) is 3.68. The fourth-order valence-electron chi connectivity index (χ4n) is 2.59. The standard InChI is InChI=1S/C15H18ClNO4/c1-9-7-10(16)5-6-13(9)21-8-14(18)17-12-4-2-3-11(12)15(19)20/h5-7,11-12H,2-4,8H2,1H3,(H,17,18)(H,19,20)/t11-,12+/m0/s1. The Kier molecular flexibility index (Phi) is 5.07. The molecule has 1 fully saturated rings. The zero-order valence-electron chi connectivity index (χ0n) is 11.8. The van der Waals surface area contributed by atoms with Crippen molar-refractivity contribution in [1.82, 2.24) is 5.32 Å². The zero-order valence-corrected chi connectivity index (χ0v) is 12.5. The first-order valence-corrected chi connectivity index (χ1v) is 7.26. The number of halogens is 1. The minimum absolute atomic E-state index is 0.134. The fourth-order valence-corrected chi connectivity index (χ4v) is 2.82. The molecule has 21 heavy (non-hydrogen) atoms. The van der Waals surface area contributed by atoms with Crippen molar-refractivity contribution in [3.05, 3.63) is 28.8 Å². The van der Waals surface area contributed by atoms with Gasteiger partial charge in [0.25, 0.3) is 5.91 Å². The van der Waals surface area contributed by atoms with E-state index in [0.29, 0.717) is 23.6 Å². The van der Waals surface area contributed by atoms with Crippen LogP contribution in [0.1, 0.15) is 24.8 Å². The Labute approximate surface area is 128 Å². The van der Waals surface area contributed by atoms with E-state index in [1.54, 1.807) is 18.2 Å². The first-order chi connectivity index (χ1) is 9.97. The topological polar surface area (TPSA) is 75.6 Å². The quantitative estimate of drug-likeness (QED) is 0.875.